The first kappa shape index (κ1) is 19.4. The highest BCUT2D eigenvalue weighted by Crippen LogP contribution is 2.33. The number of benzene rings is 2. The molecule has 0 aliphatic carbocycles. The van der Waals surface area contributed by atoms with E-state index >= 15 is 0 Å². The van der Waals surface area contributed by atoms with E-state index in [0.717, 1.165) is 18.0 Å². The van der Waals surface area contributed by atoms with Gasteiger partial charge in [-0.2, -0.15) is 4.31 Å². The monoisotopic (exact) mass is 388 g/mol. The lowest BCUT2D eigenvalue weighted by Crippen LogP contribution is -2.46. The number of likely N-dealkylation sites (N-methyl/N-ethyl adjacent to an activating group) is 2. The maximum atomic E-state index is 12.9. The van der Waals surface area contributed by atoms with E-state index in [-0.39, 0.29) is 23.3 Å². The Balaban J connectivity index is 1.80. The van der Waals surface area contributed by atoms with Gasteiger partial charge in [0, 0.05) is 19.2 Å². The third kappa shape index (κ3) is 3.99. The van der Waals surface area contributed by atoms with Gasteiger partial charge in [0.15, 0.2) is 5.78 Å². The summed E-state index contributed by atoms with van der Waals surface area (Å²) in [4.78, 5) is 13.9. The van der Waals surface area contributed by atoms with Crippen molar-refractivity contribution >= 4 is 21.5 Å². The van der Waals surface area contributed by atoms with Crippen molar-refractivity contribution in [1.82, 2.24) is 4.31 Å². The van der Waals surface area contributed by atoms with Gasteiger partial charge in [-0.05, 0) is 38.1 Å². The average molecular weight is 388 g/mol. The maximum absolute atomic E-state index is 12.9. The first-order chi connectivity index (χ1) is 12.8. The van der Waals surface area contributed by atoms with Crippen molar-refractivity contribution in [3.05, 3.63) is 54.1 Å². The van der Waals surface area contributed by atoms with Gasteiger partial charge in [0.2, 0.25) is 10.0 Å². The molecule has 1 aliphatic heterocycles. The molecule has 27 heavy (non-hydrogen) atoms. The van der Waals surface area contributed by atoms with E-state index in [0.29, 0.717) is 12.1 Å². The van der Waals surface area contributed by atoms with Gasteiger partial charge in [0.25, 0.3) is 0 Å². The topological polar surface area (TPSA) is 66.9 Å². The van der Waals surface area contributed by atoms with Gasteiger partial charge in [-0.1, -0.05) is 24.3 Å². The van der Waals surface area contributed by atoms with Crippen LogP contribution in [0.2, 0.25) is 0 Å². The van der Waals surface area contributed by atoms with E-state index < -0.39 is 10.0 Å². The fourth-order valence-corrected chi connectivity index (χ4v) is 4.46. The number of sulfonamides is 1. The zero-order valence-corrected chi connectivity index (χ0v) is 16.6. The Hall–Kier alpha value is -2.38. The molecule has 0 fully saturated rings. The zero-order chi connectivity index (χ0) is 19.6. The average Bonchev–Trinajstić information content (AvgIpc) is 2.67. The summed E-state index contributed by atoms with van der Waals surface area (Å²) in [5, 5.41) is 0. The van der Waals surface area contributed by atoms with Crippen LogP contribution in [0.4, 0.5) is 5.69 Å². The van der Waals surface area contributed by atoms with Crippen LogP contribution in [0.25, 0.3) is 0 Å². The molecule has 7 heteroatoms. The number of para-hydroxylation sites is 2. The molecule has 3 rings (SSSR count). The van der Waals surface area contributed by atoms with Crippen LogP contribution >= 0.6 is 0 Å². The number of anilines is 1. The molecule has 144 valence electrons. The first-order valence-corrected chi connectivity index (χ1v) is 10.3. The lowest BCUT2D eigenvalue weighted by atomic mass is 10.2. The molecule has 0 spiro atoms. The summed E-state index contributed by atoms with van der Waals surface area (Å²) in [5.74, 6) is 0.598. The van der Waals surface area contributed by atoms with Crippen LogP contribution in [0.15, 0.2) is 53.4 Å². The fraction of sp³-hybridized carbons (Fsp3) is 0.350. The van der Waals surface area contributed by atoms with Crippen molar-refractivity contribution in [2.24, 2.45) is 0 Å². The van der Waals surface area contributed by atoms with Gasteiger partial charge in [0.1, 0.15) is 11.9 Å². The minimum Gasteiger partial charge on any atom is -0.485 e. The first-order valence-electron chi connectivity index (χ1n) is 8.91. The van der Waals surface area contributed by atoms with Crippen LogP contribution in [0.3, 0.4) is 0 Å². The summed E-state index contributed by atoms with van der Waals surface area (Å²) in [6, 6.07) is 13.9. The second-order valence-electron chi connectivity index (χ2n) is 6.62. The largest absolute Gasteiger partial charge is 0.485 e. The van der Waals surface area contributed by atoms with E-state index in [1.165, 1.54) is 30.4 Å². The van der Waals surface area contributed by atoms with Crippen molar-refractivity contribution in [2.45, 2.75) is 24.8 Å². The van der Waals surface area contributed by atoms with Gasteiger partial charge in [-0.25, -0.2) is 8.42 Å². The third-order valence-electron chi connectivity index (χ3n) is 4.71. The highest BCUT2D eigenvalue weighted by atomic mass is 32.2. The van der Waals surface area contributed by atoms with E-state index in [4.69, 9.17) is 4.74 Å². The SMILES string of the molecule is CCN1C[C@H](CN(C)S(=O)(=O)c2cccc(C(C)=O)c2)Oc2ccccc21. The smallest absolute Gasteiger partial charge is 0.242 e. The van der Waals surface area contributed by atoms with E-state index in [2.05, 4.69) is 11.8 Å². The number of nitrogens with zero attached hydrogens (tertiary/aromatic N) is 2. The molecule has 0 N–H and O–H groups in total. The van der Waals surface area contributed by atoms with Crippen LogP contribution in [0, 0.1) is 0 Å². The summed E-state index contributed by atoms with van der Waals surface area (Å²) in [6.45, 7) is 5.13. The molecular weight excluding hydrogens is 364 g/mol. The fourth-order valence-electron chi connectivity index (χ4n) is 3.21. The van der Waals surface area contributed by atoms with Gasteiger partial charge in [-0.3, -0.25) is 4.79 Å². The normalized spacial score (nSPS) is 16.7. The quantitative estimate of drug-likeness (QED) is 0.712. The molecule has 2 aromatic carbocycles. The summed E-state index contributed by atoms with van der Waals surface area (Å²) in [7, 11) is -2.18. The number of fused-ring (bicyclic) bond motifs is 1. The number of rotatable bonds is 6. The van der Waals surface area contributed by atoms with Crippen LogP contribution in [-0.2, 0) is 10.0 Å². The maximum Gasteiger partial charge on any atom is 0.242 e. The predicted octanol–water partition coefficient (Wildman–Crippen LogP) is 2.80. The van der Waals surface area contributed by atoms with Crippen LogP contribution in [-0.4, -0.2) is 51.3 Å². The number of ketones is 1. The number of ether oxygens (including phenoxy) is 1. The lowest BCUT2D eigenvalue weighted by Gasteiger charge is -2.37. The van der Waals surface area contributed by atoms with Gasteiger partial charge in [-0.15, -0.1) is 0 Å². The Morgan fingerprint density at radius 3 is 2.67 bits per heavy atom. The molecule has 2 aromatic rings. The summed E-state index contributed by atoms with van der Waals surface area (Å²) >= 11 is 0. The Labute approximate surface area is 160 Å². The minimum atomic E-state index is -3.71. The molecule has 0 saturated heterocycles. The minimum absolute atomic E-state index is 0.112. The Kier molecular flexibility index (Phi) is 5.53. The van der Waals surface area contributed by atoms with Crippen molar-refractivity contribution in [3.8, 4) is 5.75 Å². The third-order valence-corrected chi connectivity index (χ3v) is 6.53. The van der Waals surface area contributed by atoms with Gasteiger partial charge < -0.3 is 9.64 Å². The predicted molar refractivity (Wildman–Crippen MR) is 105 cm³/mol. The number of carbonyl (C=O) groups excluding carboxylic acids is 1. The Bertz CT molecular complexity index is 943. The summed E-state index contributed by atoms with van der Waals surface area (Å²) < 4.78 is 33.2. The van der Waals surface area contributed by atoms with Crippen LogP contribution < -0.4 is 9.64 Å². The molecule has 0 aromatic heterocycles. The number of hydrogen-bond donors (Lipinski definition) is 0. The van der Waals surface area contributed by atoms with Crippen molar-refractivity contribution in [2.75, 3.05) is 31.6 Å². The molecule has 1 heterocycles. The van der Waals surface area contributed by atoms with Crippen LogP contribution in [0.1, 0.15) is 24.2 Å². The van der Waals surface area contributed by atoms with Crippen molar-refractivity contribution in [1.29, 1.82) is 0 Å². The molecule has 1 aliphatic rings. The molecule has 0 radical (unpaired) electrons. The number of Topliss-reactive ketones (excluding diaryl/α,β-unsaturated/α-hetero) is 1. The summed E-state index contributed by atoms with van der Waals surface area (Å²) in [5.41, 5.74) is 1.40. The van der Waals surface area contributed by atoms with E-state index in [1.807, 2.05) is 24.3 Å². The van der Waals surface area contributed by atoms with E-state index in [9.17, 15) is 13.2 Å². The van der Waals surface area contributed by atoms with Gasteiger partial charge in [0.05, 0.1) is 23.7 Å². The van der Waals surface area contributed by atoms with E-state index in [1.54, 1.807) is 12.1 Å². The number of carbonyl (C=O) groups is 1. The Morgan fingerprint density at radius 1 is 1.22 bits per heavy atom. The molecule has 1 atom stereocenters. The van der Waals surface area contributed by atoms with Gasteiger partial charge >= 0.3 is 0 Å². The zero-order valence-electron chi connectivity index (χ0n) is 15.8. The molecule has 0 bridgehead atoms. The standard InChI is InChI=1S/C20H24N2O4S/c1-4-22-14-17(26-20-11-6-5-10-19(20)22)13-21(3)27(24,25)18-9-7-8-16(12-18)15(2)23/h5-12,17H,4,13-14H2,1-3H3/t17-/m0/s1. The van der Waals surface area contributed by atoms with Crippen molar-refractivity contribution in [3.63, 3.8) is 0 Å². The highest BCUT2D eigenvalue weighted by molar-refractivity contribution is 7.89. The van der Waals surface area contributed by atoms with Crippen molar-refractivity contribution < 1.29 is 17.9 Å². The lowest BCUT2D eigenvalue weighted by molar-refractivity contribution is 0.101. The molecular formula is C20H24N2O4S. The molecule has 0 amide bonds. The summed E-state index contributed by atoms with van der Waals surface area (Å²) in [6.07, 6.45) is -0.282. The second-order valence-corrected chi connectivity index (χ2v) is 8.66. The molecule has 0 saturated carbocycles. The Morgan fingerprint density at radius 2 is 1.96 bits per heavy atom. The second kappa shape index (κ2) is 7.70. The highest BCUT2D eigenvalue weighted by Gasteiger charge is 2.30. The number of hydrogen-bond acceptors (Lipinski definition) is 5. The molecule has 6 nitrogen and oxygen atoms in total. The molecule has 0 unspecified atom stereocenters. The van der Waals surface area contributed by atoms with Crippen LogP contribution in [0.5, 0.6) is 5.75 Å².